The largest absolute Gasteiger partial charge is 0.508 e. The van der Waals surface area contributed by atoms with Crippen molar-refractivity contribution >= 4 is 28.7 Å². The van der Waals surface area contributed by atoms with Crippen LogP contribution in [-0.2, 0) is 27.4 Å². The second-order valence-electron chi connectivity index (χ2n) is 16.6. The molecule has 4 aromatic carbocycles. The number of ketones is 1. The van der Waals surface area contributed by atoms with E-state index in [1.54, 1.807) is 36.5 Å². The molecule has 1 amide bonds. The van der Waals surface area contributed by atoms with Crippen molar-refractivity contribution in [3.8, 4) is 23.0 Å². The average molecular weight is 858 g/mol. The van der Waals surface area contributed by atoms with Crippen molar-refractivity contribution in [3.05, 3.63) is 136 Å². The molecule has 5 N–H and O–H groups in total. The number of fused-ring (bicyclic) bond motifs is 3. The van der Waals surface area contributed by atoms with E-state index in [9.17, 15) is 35.1 Å². The van der Waals surface area contributed by atoms with Gasteiger partial charge in [0.25, 0.3) is 5.91 Å². The molecule has 0 radical (unpaired) electrons. The minimum absolute atomic E-state index is 0.0150. The molecule has 2 fully saturated rings. The number of carbonyl (C=O) groups excluding carboxylic acids is 2. The van der Waals surface area contributed by atoms with Crippen LogP contribution in [0, 0.1) is 6.42 Å². The summed E-state index contributed by atoms with van der Waals surface area (Å²) in [5, 5.41) is 58.2. The molecule has 14 nitrogen and oxygen atoms in total. The third kappa shape index (κ3) is 8.10. The molecular formula is C49H49N2O12+. The summed E-state index contributed by atoms with van der Waals surface area (Å²) in [6, 6.07) is 18.5. The summed E-state index contributed by atoms with van der Waals surface area (Å²) in [5.41, 5.74) is 2.67. The number of nitrogens with zero attached hydrogens (tertiary/aromatic N) is 2. The molecule has 4 aromatic rings. The second kappa shape index (κ2) is 17.6. The lowest BCUT2D eigenvalue weighted by Crippen LogP contribution is -2.70. The summed E-state index contributed by atoms with van der Waals surface area (Å²) in [4.78, 5) is 33.8. The number of methoxy groups -OCH3 is 1. The number of aliphatic imine (C=N–C) groups is 1. The van der Waals surface area contributed by atoms with E-state index >= 15 is 0 Å². The number of rotatable bonds is 15. The third-order valence-electron chi connectivity index (χ3n) is 12.6. The van der Waals surface area contributed by atoms with Crippen molar-refractivity contribution in [2.75, 3.05) is 33.5 Å². The molecular weight excluding hydrogens is 809 g/mol. The molecule has 326 valence electrons. The summed E-state index contributed by atoms with van der Waals surface area (Å²) in [7, 11) is 1.47. The number of ether oxygens (including phenoxy) is 5. The van der Waals surface area contributed by atoms with E-state index in [0.717, 1.165) is 48.1 Å². The molecule has 5 aliphatic rings. The maximum atomic E-state index is 14.5. The summed E-state index contributed by atoms with van der Waals surface area (Å²) in [6.45, 7) is -1.31. The lowest BCUT2D eigenvalue weighted by atomic mass is 9.86. The number of aliphatic hydroxyl groups is 3. The number of aromatic hydroxyl groups is 2. The van der Waals surface area contributed by atoms with Gasteiger partial charge in [-0.25, -0.2) is 0 Å². The molecule has 9 rings (SSSR count). The topological polar surface area (TPSA) is 197 Å². The Bertz CT molecular complexity index is 2560. The Hall–Kier alpha value is -6.00. The highest BCUT2D eigenvalue weighted by Crippen LogP contribution is 2.47. The van der Waals surface area contributed by atoms with E-state index < -0.39 is 42.6 Å². The highest BCUT2D eigenvalue weighted by molar-refractivity contribution is 6.11. The van der Waals surface area contributed by atoms with Crippen LogP contribution >= 0.6 is 0 Å². The molecule has 1 saturated carbocycles. The van der Waals surface area contributed by atoms with Crippen molar-refractivity contribution in [2.24, 2.45) is 4.99 Å². The third-order valence-corrected chi connectivity index (χ3v) is 12.6. The van der Waals surface area contributed by atoms with Crippen molar-refractivity contribution in [2.45, 2.75) is 75.0 Å². The predicted molar refractivity (Wildman–Crippen MR) is 231 cm³/mol. The van der Waals surface area contributed by atoms with Gasteiger partial charge in [0.2, 0.25) is 6.29 Å². The van der Waals surface area contributed by atoms with Gasteiger partial charge in [0.15, 0.2) is 17.1 Å². The fourth-order valence-corrected chi connectivity index (χ4v) is 9.32. The summed E-state index contributed by atoms with van der Waals surface area (Å²) < 4.78 is 30.8. The van der Waals surface area contributed by atoms with E-state index in [1.165, 1.54) is 30.2 Å². The number of hydrogen-bond donors (Lipinski definition) is 5. The number of phenols is 2. The summed E-state index contributed by atoms with van der Waals surface area (Å²) in [6.07, 6.45) is 6.76. The van der Waals surface area contributed by atoms with Gasteiger partial charge < -0.3 is 54.1 Å². The summed E-state index contributed by atoms with van der Waals surface area (Å²) >= 11 is 0. The van der Waals surface area contributed by atoms with E-state index in [1.807, 2.05) is 42.8 Å². The first kappa shape index (κ1) is 42.3. The normalized spacial score (nSPS) is 24.2. The molecule has 2 aliphatic carbocycles. The zero-order chi connectivity index (χ0) is 43.8. The van der Waals surface area contributed by atoms with Gasteiger partial charge in [-0.2, -0.15) is 4.99 Å². The Kier molecular flexibility index (Phi) is 11.8. The van der Waals surface area contributed by atoms with Gasteiger partial charge in [-0.15, -0.1) is 0 Å². The van der Waals surface area contributed by atoms with E-state index in [4.69, 9.17) is 23.7 Å². The lowest BCUT2D eigenvalue weighted by molar-refractivity contribution is -0.337. The zero-order valence-electron chi connectivity index (χ0n) is 34.7. The highest BCUT2D eigenvalue weighted by Gasteiger charge is 2.58. The van der Waals surface area contributed by atoms with Crippen molar-refractivity contribution in [3.63, 3.8) is 0 Å². The highest BCUT2D eigenvalue weighted by atomic mass is 16.7. The van der Waals surface area contributed by atoms with Crippen molar-refractivity contribution in [1.82, 2.24) is 4.90 Å². The lowest BCUT2D eigenvalue weighted by Gasteiger charge is -2.48. The van der Waals surface area contributed by atoms with E-state index in [2.05, 4.69) is 4.99 Å². The standard InChI is InChI=1S/C49H48N2O12/c1-59-34-18-31-19-37(29-10-2-3-11-29)43(39(54)23-51-22-30-12-4-5-15-36(30)47(51)57)45(56)42(31)40(20-34)62-48-49(58,27-52)46(61-24-28-9-8-13-33(53)17-28)44(55)41(63-48)26-60-25-32-21-50-38-16-7-6-14-35(32)38/h4-9,12-21,29,41,44,46,48,52,55,58H,2-3,10-11,22-27H2,1H3,(H-,53,54,56)/p+1/t41-,44-,46+,48+,49-/m1/s1. The Morgan fingerprint density at radius 2 is 1.87 bits per heavy atom. The van der Waals surface area contributed by atoms with Crippen LogP contribution in [0.1, 0.15) is 69.0 Å². The van der Waals surface area contributed by atoms with Crippen LogP contribution < -0.4 is 9.47 Å². The zero-order valence-corrected chi connectivity index (χ0v) is 34.7. The smallest absolute Gasteiger partial charge is 0.254 e. The Labute approximate surface area is 363 Å². The van der Waals surface area contributed by atoms with Gasteiger partial charge in [-0.1, -0.05) is 43.2 Å². The van der Waals surface area contributed by atoms with Gasteiger partial charge in [0, 0.05) is 42.8 Å². The number of carbonyl (C=O) groups is 2. The maximum absolute atomic E-state index is 14.5. The fourth-order valence-electron chi connectivity index (χ4n) is 9.32. The molecule has 0 bridgehead atoms. The van der Waals surface area contributed by atoms with Crippen molar-refractivity contribution < 1.29 is 58.8 Å². The molecule has 0 aromatic heterocycles. The van der Waals surface area contributed by atoms with Gasteiger partial charge in [-0.05, 0) is 71.2 Å². The Morgan fingerprint density at radius 1 is 1.05 bits per heavy atom. The minimum atomic E-state index is -2.43. The first-order valence-electron chi connectivity index (χ1n) is 21.1. The van der Waals surface area contributed by atoms with E-state index in [-0.39, 0.29) is 72.9 Å². The summed E-state index contributed by atoms with van der Waals surface area (Å²) in [5.74, 6) is -0.883. The number of aliphatic hydroxyl groups excluding tert-OH is 2. The number of amides is 1. The number of hydrogen-bond acceptors (Lipinski definition) is 13. The quantitative estimate of drug-likeness (QED) is 0.0736. The first-order valence-corrected chi connectivity index (χ1v) is 21.1. The number of phenolic OH excluding ortho intramolecular Hbond substituents is 2. The average Bonchev–Trinajstić information content (AvgIpc) is 4.05. The molecule has 0 spiro atoms. The van der Waals surface area contributed by atoms with Crippen LogP contribution in [0.15, 0.2) is 107 Å². The number of benzene rings is 4. The molecule has 1 saturated heterocycles. The number of Topliss-reactive ketones (excluding diaryl/α,β-unsaturated/α-hetero) is 1. The Balaban J connectivity index is 1.07. The molecule has 5 atom stereocenters. The van der Waals surface area contributed by atoms with Crippen LogP contribution in [0.25, 0.3) is 10.8 Å². The van der Waals surface area contributed by atoms with Gasteiger partial charge >= 0.3 is 0 Å². The van der Waals surface area contributed by atoms with Gasteiger partial charge in [0.05, 0.1) is 56.2 Å². The molecule has 0 unspecified atom stereocenters. The fraction of sp³-hybridized carbons (Fsp3) is 0.347. The SMILES string of the molecule is COc1cc(O[C@H]2O[C@H](COCC3=C4[CH+]C=CC=C4N=C3)[C@@H](O)[C@H](OCc3cccc(O)c3)[C@]2(O)CO)c2c(O)c(C(=O)CN3Cc4ccccc4C3=O)c(C3CCCC3)cc2c1. The van der Waals surface area contributed by atoms with Crippen LogP contribution in [0.4, 0.5) is 0 Å². The van der Waals surface area contributed by atoms with Gasteiger partial charge in [-0.3, -0.25) is 9.59 Å². The molecule has 63 heavy (non-hydrogen) atoms. The molecule has 14 heteroatoms. The molecule has 3 aliphatic heterocycles. The van der Waals surface area contributed by atoms with Crippen LogP contribution in [0.3, 0.4) is 0 Å². The van der Waals surface area contributed by atoms with Crippen molar-refractivity contribution in [1.29, 1.82) is 0 Å². The number of allylic oxidation sites excluding steroid dienone is 4. The van der Waals surface area contributed by atoms with Crippen LogP contribution in [0.2, 0.25) is 0 Å². The van der Waals surface area contributed by atoms with Crippen LogP contribution in [-0.4, -0.2) is 112 Å². The van der Waals surface area contributed by atoms with Crippen LogP contribution in [0.5, 0.6) is 23.0 Å². The minimum Gasteiger partial charge on any atom is -0.508 e. The first-order chi connectivity index (χ1) is 30.6. The van der Waals surface area contributed by atoms with Gasteiger partial charge in [0.1, 0.15) is 53.5 Å². The maximum Gasteiger partial charge on any atom is 0.254 e. The van der Waals surface area contributed by atoms with E-state index in [0.29, 0.717) is 27.8 Å². The second-order valence-corrected chi connectivity index (χ2v) is 16.6. The predicted octanol–water partition coefficient (Wildman–Crippen LogP) is 5.58. The monoisotopic (exact) mass is 857 g/mol. The Morgan fingerprint density at radius 3 is 2.65 bits per heavy atom. The molecule has 3 heterocycles.